The van der Waals surface area contributed by atoms with E-state index in [9.17, 15) is 23.7 Å². The molecule has 0 bridgehead atoms. The molecule has 8 nitrogen and oxygen atoms in total. The van der Waals surface area contributed by atoms with Gasteiger partial charge in [0, 0.05) is 23.1 Å². The topological polar surface area (TPSA) is 104 Å². The van der Waals surface area contributed by atoms with E-state index in [1.807, 2.05) is 0 Å². The summed E-state index contributed by atoms with van der Waals surface area (Å²) in [6.07, 6.45) is 0. The highest BCUT2D eigenvalue weighted by atomic mass is 32.1. The number of carbonyl (C=O) groups excluding carboxylic acids is 1. The first-order valence-electron chi connectivity index (χ1n) is 8.03. The van der Waals surface area contributed by atoms with Gasteiger partial charge < -0.3 is 9.47 Å². The summed E-state index contributed by atoms with van der Waals surface area (Å²) in [7, 11) is 1.45. The average Bonchev–Trinajstić information content (AvgIpc) is 3.14. The number of amides is 1. The minimum absolute atomic E-state index is 0.0347. The molecule has 3 aromatic rings. The molecular formula is C18H13F2N3O5S. The highest BCUT2D eigenvalue weighted by molar-refractivity contribution is 7.14. The number of hydrogen-bond donors (Lipinski definition) is 1. The number of hydrogen-bond acceptors (Lipinski definition) is 7. The number of rotatable bonds is 7. The molecule has 0 aliphatic heterocycles. The summed E-state index contributed by atoms with van der Waals surface area (Å²) in [6.45, 7) is -0.463. The van der Waals surface area contributed by atoms with Crippen LogP contribution in [-0.2, 0) is 4.79 Å². The molecule has 1 heterocycles. The Morgan fingerprint density at radius 2 is 2.07 bits per heavy atom. The maximum Gasteiger partial charge on any atom is 0.305 e. The molecule has 0 saturated carbocycles. The Morgan fingerprint density at radius 1 is 1.28 bits per heavy atom. The molecule has 0 unspecified atom stereocenters. The van der Waals surface area contributed by atoms with Gasteiger partial charge in [0.2, 0.25) is 5.82 Å². The van der Waals surface area contributed by atoms with Crippen LogP contribution in [0.4, 0.5) is 19.6 Å². The van der Waals surface area contributed by atoms with Crippen LogP contribution in [0.25, 0.3) is 11.3 Å². The van der Waals surface area contributed by atoms with E-state index in [1.54, 1.807) is 5.38 Å². The van der Waals surface area contributed by atoms with E-state index in [0.29, 0.717) is 17.0 Å². The first-order valence-corrected chi connectivity index (χ1v) is 8.91. The van der Waals surface area contributed by atoms with Crippen molar-refractivity contribution in [2.45, 2.75) is 0 Å². The van der Waals surface area contributed by atoms with Gasteiger partial charge >= 0.3 is 5.69 Å². The molecule has 0 spiro atoms. The Kier molecular flexibility index (Phi) is 5.98. The van der Waals surface area contributed by atoms with E-state index in [-0.39, 0.29) is 10.9 Å². The average molecular weight is 421 g/mol. The highest BCUT2D eigenvalue weighted by Gasteiger charge is 2.16. The first kappa shape index (κ1) is 20.1. The van der Waals surface area contributed by atoms with E-state index in [4.69, 9.17) is 9.47 Å². The lowest BCUT2D eigenvalue weighted by atomic mass is 10.1. The first-order chi connectivity index (χ1) is 13.9. The third kappa shape index (κ3) is 4.82. The zero-order valence-electron chi connectivity index (χ0n) is 14.8. The zero-order valence-corrected chi connectivity index (χ0v) is 15.7. The van der Waals surface area contributed by atoms with Crippen LogP contribution in [0.15, 0.2) is 41.8 Å². The molecule has 1 aromatic heterocycles. The van der Waals surface area contributed by atoms with Crippen molar-refractivity contribution in [3.63, 3.8) is 0 Å². The van der Waals surface area contributed by atoms with Crippen molar-refractivity contribution in [2.24, 2.45) is 0 Å². The molecule has 0 radical (unpaired) electrons. The number of benzene rings is 2. The second kappa shape index (κ2) is 8.61. The molecule has 150 valence electrons. The van der Waals surface area contributed by atoms with Gasteiger partial charge in [-0.2, -0.15) is 4.39 Å². The van der Waals surface area contributed by atoms with Crippen LogP contribution in [0.5, 0.6) is 11.5 Å². The summed E-state index contributed by atoms with van der Waals surface area (Å²) < 4.78 is 37.4. The fraction of sp³-hybridized carbons (Fsp3) is 0.111. The van der Waals surface area contributed by atoms with Gasteiger partial charge in [0.1, 0.15) is 17.3 Å². The number of thiazole rings is 1. The molecule has 1 N–H and O–H groups in total. The van der Waals surface area contributed by atoms with Crippen LogP contribution in [-0.4, -0.2) is 29.5 Å². The van der Waals surface area contributed by atoms with E-state index in [0.717, 1.165) is 23.5 Å². The zero-order chi connectivity index (χ0) is 21.0. The van der Waals surface area contributed by atoms with Crippen molar-refractivity contribution in [1.82, 2.24) is 4.98 Å². The molecule has 29 heavy (non-hydrogen) atoms. The van der Waals surface area contributed by atoms with Crippen molar-refractivity contribution in [1.29, 1.82) is 0 Å². The molecule has 0 fully saturated rings. The molecule has 2 aromatic carbocycles. The fourth-order valence-corrected chi connectivity index (χ4v) is 3.09. The van der Waals surface area contributed by atoms with Crippen LogP contribution in [0.3, 0.4) is 0 Å². The van der Waals surface area contributed by atoms with Crippen LogP contribution < -0.4 is 14.8 Å². The highest BCUT2D eigenvalue weighted by Crippen LogP contribution is 2.32. The molecule has 0 aliphatic rings. The van der Waals surface area contributed by atoms with Crippen LogP contribution in [0, 0.1) is 21.7 Å². The van der Waals surface area contributed by atoms with Crippen molar-refractivity contribution in [2.75, 3.05) is 19.0 Å². The number of nitro benzene ring substituents is 1. The molecule has 0 aliphatic carbocycles. The van der Waals surface area contributed by atoms with Crippen molar-refractivity contribution in [3.8, 4) is 22.8 Å². The third-order valence-corrected chi connectivity index (χ3v) is 4.43. The van der Waals surface area contributed by atoms with Gasteiger partial charge in [-0.15, -0.1) is 11.3 Å². The van der Waals surface area contributed by atoms with Crippen molar-refractivity contribution < 1.29 is 28.0 Å². The number of ether oxygens (including phenoxy) is 2. The molecule has 3 rings (SSSR count). The summed E-state index contributed by atoms with van der Waals surface area (Å²) >= 11 is 1.12. The van der Waals surface area contributed by atoms with Gasteiger partial charge in [-0.25, -0.2) is 9.37 Å². The van der Waals surface area contributed by atoms with Crippen LogP contribution in [0.2, 0.25) is 0 Å². The van der Waals surface area contributed by atoms with Crippen LogP contribution >= 0.6 is 11.3 Å². The number of nitro groups is 1. The van der Waals surface area contributed by atoms with Gasteiger partial charge in [-0.1, -0.05) is 0 Å². The number of nitrogens with zero attached hydrogens (tertiary/aromatic N) is 2. The van der Waals surface area contributed by atoms with Crippen molar-refractivity contribution in [3.05, 3.63) is 63.5 Å². The Bertz CT molecular complexity index is 1070. The normalized spacial score (nSPS) is 10.4. The fourth-order valence-electron chi connectivity index (χ4n) is 2.36. The Hall–Kier alpha value is -3.60. The van der Waals surface area contributed by atoms with Gasteiger partial charge in [0.15, 0.2) is 11.7 Å². The van der Waals surface area contributed by atoms with E-state index < -0.39 is 34.8 Å². The summed E-state index contributed by atoms with van der Waals surface area (Å²) in [4.78, 5) is 26.0. The lowest BCUT2D eigenvalue weighted by Crippen LogP contribution is -2.20. The summed E-state index contributed by atoms with van der Waals surface area (Å²) in [5.41, 5.74) is 0.159. The Morgan fingerprint density at radius 3 is 2.76 bits per heavy atom. The van der Waals surface area contributed by atoms with E-state index >= 15 is 0 Å². The predicted molar refractivity (Wildman–Crippen MR) is 101 cm³/mol. The maximum absolute atomic E-state index is 13.6. The van der Waals surface area contributed by atoms with Gasteiger partial charge in [0.05, 0.1) is 17.7 Å². The van der Waals surface area contributed by atoms with Gasteiger partial charge in [-0.05, 0) is 24.3 Å². The van der Waals surface area contributed by atoms with Crippen molar-refractivity contribution >= 4 is 28.1 Å². The second-order valence-corrected chi connectivity index (χ2v) is 6.45. The minimum atomic E-state index is -1.07. The molecular weight excluding hydrogens is 408 g/mol. The number of nitrogens with one attached hydrogen (secondary N) is 1. The maximum atomic E-state index is 13.6. The SMILES string of the molecule is COc1ccc(F)cc1-c1csc(NC(=O)COc2ccc([N+](=O)[O-])c(F)c2)n1. The quantitative estimate of drug-likeness (QED) is 0.456. The van der Waals surface area contributed by atoms with E-state index in [2.05, 4.69) is 10.3 Å². The third-order valence-electron chi connectivity index (χ3n) is 3.67. The number of halogens is 2. The van der Waals surface area contributed by atoms with Crippen LogP contribution in [0.1, 0.15) is 0 Å². The van der Waals surface area contributed by atoms with Gasteiger partial charge in [-0.3, -0.25) is 20.2 Å². The number of methoxy groups -OCH3 is 1. The van der Waals surface area contributed by atoms with Gasteiger partial charge in [0.25, 0.3) is 5.91 Å². The number of aromatic nitrogens is 1. The molecule has 1 amide bonds. The Balaban J connectivity index is 1.63. The van der Waals surface area contributed by atoms with E-state index in [1.165, 1.54) is 31.4 Å². The second-order valence-electron chi connectivity index (χ2n) is 5.59. The Labute approximate surface area is 166 Å². The molecule has 11 heteroatoms. The summed E-state index contributed by atoms with van der Waals surface area (Å²) in [6, 6.07) is 6.96. The largest absolute Gasteiger partial charge is 0.496 e. The smallest absolute Gasteiger partial charge is 0.305 e. The monoisotopic (exact) mass is 421 g/mol. The number of anilines is 1. The molecule has 0 saturated heterocycles. The molecule has 0 atom stereocenters. The lowest BCUT2D eigenvalue weighted by molar-refractivity contribution is -0.387. The summed E-state index contributed by atoms with van der Waals surface area (Å²) in [5.74, 6) is -1.70. The minimum Gasteiger partial charge on any atom is -0.496 e. The lowest BCUT2D eigenvalue weighted by Gasteiger charge is -2.07. The summed E-state index contributed by atoms with van der Waals surface area (Å²) in [5, 5.41) is 15.0. The number of carbonyl (C=O) groups is 1. The standard InChI is InChI=1S/C18H13F2N3O5S/c1-27-16-5-2-10(19)6-12(16)14-9-29-18(21-14)22-17(24)8-28-11-3-4-15(23(25)26)13(20)7-11/h2-7,9H,8H2,1H3,(H,21,22,24). The predicted octanol–water partition coefficient (Wildman–Crippen LogP) is 4.02.